The fraction of sp³-hybridized carbons (Fsp3) is 0.727. The van der Waals surface area contributed by atoms with Gasteiger partial charge in [-0.25, -0.2) is 0 Å². The third-order valence-corrected chi connectivity index (χ3v) is 1.86. The Kier molecular flexibility index (Phi) is 5.69. The summed E-state index contributed by atoms with van der Waals surface area (Å²) < 4.78 is 0. The normalized spacial score (nSPS) is 14.1. The van der Waals surface area contributed by atoms with Gasteiger partial charge in [0, 0.05) is 0 Å². The SMILES string of the molecule is CC(=O)/C=C/C(C)CCC(C)C. The minimum absolute atomic E-state index is 0.145. The fourth-order valence-corrected chi connectivity index (χ4v) is 0.992. The number of allylic oxidation sites excluding steroid dienone is 2. The van der Waals surface area contributed by atoms with Crippen LogP contribution < -0.4 is 0 Å². The van der Waals surface area contributed by atoms with Crippen LogP contribution in [0.1, 0.15) is 40.5 Å². The molecule has 0 aromatic carbocycles. The van der Waals surface area contributed by atoms with Gasteiger partial charge in [-0.1, -0.05) is 33.3 Å². The van der Waals surface area contributed by atoms with Gasteiger partial charge in [-0.2, -0.15) is 0 Å². The van der Waals surface area contributed by atoms with Gasteiger partial charge in [0.2, 0.25) is 0 Å². The average molecular weight is 168 g/mol. The number of hydrogen-bond acceptors (Lipinski definition) is 1. The molecule has 0 aliphatic heterocycles. The smallest absolute Gasteiger partial charge is 0.152 e. The standard InChI is InChI=1S/C11H20O/c1-9(2)5-6-10(3)7-8-11(4)12/h7-10H,5-6H2,1-4H3/b8-7+. The average Bonchev–Trinajstić information content (AvgIpc) is 1.96. The monoisotopic (exact) mass is 168 g/mol. The fourth-order valence-electron chi connectivity index (χ4n) is 0.992. The van der Waals surface area contributed by atoms with Crippen LogP contribution in [0.3, 0.4) is 0 Å². The van der Waals surface area contributed by atoms with Crippen LogP contribution >= 0.6 is 0 Å². The van der Waals surface area contributed by atoms with E-state index < -0.39 is 0 Å². The van der Waals surface area contributed by atoms with E-state index in [0.29, 0.717) is 5.92 Å². The van der Waals surface area contributed by atoms with Crippen LogP contribution in [0.2, 0.25) is 0 Å². The van der Waals surface area contributed by atoms with Gasteiger partial charge in [0.1, 0.15) is 0 Å². The molecule has 0 aliphatic carbocycles. The highest BCUT2D eigenvalue weighted by atomic mass is 16.1. The van der Waals surface area contributed by atoms with Crippen LogP contribution in [0.5, 0.6) is 0 Å². The minimum atomic E-state index is 0.145. The van der Waals surface area contributed by atoms with E-state index in [2.05, 4.69) is 20.8 Å². The van der Waals surface area contributed by atoms with Gasteiger partial charge in [-0.05, 0) is 31.3 Å². The summed E-state index contributed by atoms with van der Waals surface area (Å²) in [6.45, 7) is 8.19. The molecule has 1 atom stereocenters. The van der Waals surface area contributed by atoms with Crippen LogP contribution in [-0.4, -0.2) is 5.78 Å². The second kappa shape index (κ2) is 5.99. The summed E-state index contributed by atoms with van der Waals surface area (Å²) in [4.78, 5) is 10.6. The molecule has 0 heterocycles. The zero-order valence-electron chi connectivity index (χ0n) is 8.63. The maximum Gasteiger partial charge on any atom is 0.152 e. The van der Waals surface area contributed by atoms with Crippen molar-refractivity contribution in [2.75, 3.05) is 0 Å². The van der Waals surface area contributed by atoms with E-state index in [9.17, 15) is 4.79 Å². The van der Waals surface area contributed by atoms with E-state index in [1.807, 2.05) is 6.08 Å². The van der Waals surface area contributed by atoms with Gasteiger partial charge in [0.25, 0.3) is 0 Å². The Morgan fingerprint density at radius 1 is 1.25 bits per heavy atom. The first-order chi connectivity index (χ1) is 5.52. The zero-order valence-corrected chi connectivity index (χ0v) is 8.63. The lowest BCUT2D eigenvalue weighted by Gasteiger charge is -2.07. The van der Waals surface area contributed by atoms with E-state index in [1.54, 1.807) is 13.0 Å². The first-order valence-corrected chi connectivity index (χ1v) is 4.71. The molecule has 70 valence electrons. The summed E-state index contributed by atoms with van der Waals surface area (Å²) >= 11 is 0. The summed E-state index contributed by atoms with van der Waals surface area (Å²) in [7, 11) is 0. The second-order valence-electron chi connectivity index (χ2n) is 3.92. The molecule has 0 rings (SSSR count). The maximum absolute atomic E-state index is 10.6. The van der Waals surface area contributed by atoms with Crippen molar-refractivity contribution in [3.05, 3.63) is 12.2 Å². The van der Waals surface area contributed by atoms with Crippen molar-refractivity contribution in [1.29, 1.82) is 0 Å². The molecule has 1 heteroatoms. The predicted octanol–water partition coefficient (Wildman–Crippen LogP) is 3.20. The Balaban J connectivity index is 3.59. The Labute approximate surface area is 75.9 Å². The van der Waals surface area contributed by atoms with Crippen molar-refractivity contribution in [2.45, 2.75) is 40.5 Å². The molecule has 0 bridgehead atoms. The molecule has 0 aromatic rings. The van der Waals surface area contributed by atoms with Crippen molar-refractivity contribution >= 4 is 5.78 Å². The molecular weight excluding hydrogens is 148 g/mol. The lowest BCUT2D eigenvalue weighted by molar-refractivity contribution is -0.112. The molecule has 0 amide bonds. The molecule has 0 radical (unpaired) electrons. The lowest BCUT2D eigenvalue weighted by atomic mass is 9.99. The van der Waals surface area contributed by atoms with Crippen LogP contribution in [0, 0.1) is 11.8 Å². The Morgan fingerprint density at radius 3 is 2.25 bits per heavy atom. The van der Waals surface area contributed by atoms with Crippen molar-refractivity contribution in [1.82, 2.24) is 0 Å². The molecular formula is C11H20O. The van der Waals surface area contributed by atoms with Crippen molar-refractivity contribution < 1.29 is 4.79 Å². The highest BCUT2D eigenvalue weighted by Crippen LogP contribution is 2.12. The van der Waals surface area contributed by atoms with Gasteiger partial charge < -0.3 is 0 Å². The first-order valence-electron chi connectivity index (χ1n) is 4.71. The Bertz CT molecular complexity index is 156. The predicted molar refractivity (Wildman–Crippen MR) is 53.1 cm³/mol. The number of ketones is 1. The van der Waals surface area contributed by atoms with Gasteiger partial charge in [0.15, 0.2) is 5.78 Å². The highest BCUT2D eigenvalue weighted by Gasteiger charge is 1.99. The highest BCUT2D eigenvalue weighted by molar-refractivity contribution is 5.87. The van der Waals surface area contributed by atoms with E-state index in [0.717, 1.165) is 5.92 Å². The van der Waals surface area contributed by atoms with Crippen LogP contribution in [0.25, 0.3) is 0 Å². The lowest BCUT2D eigenvalue weighted by Crippen LogP contribution is -1.95. The molecule has 0 saturated heterocycles. The maximum atomic E-state index is 10.6. The van der Waals surface area contributed by atoms with Crippen molar-refractivity contribution in [3.8, 4) is 0 Å². The third-order valence-electron chi connectivity index (χ3n) is 1.86. The second-order valence-corrected chi connectivity index (χ2v) is 3.92. The topological polar surface area (TPSA) is 17.1 Å². The molecule has 0 N–H and O–H groups in total. The molecule has 0 fully saturated rings. The van der Waals surface area contributed by atoms with Gasteiger partial charge in [0.05, 0.1) is 0 Å². The molecule has 1 unspecified atom stereocenters. The Hall–Kier alpha value is -0.590. The first kappa shape index (κ1) is 11.4. The molecule has 0 aliphatic rings. The number of hydrogen-bond donors (Lipinski definition) is 0. The quantitative estimate of drug-likeness (QED) is 0.576. The largest absolute Gasteiger partial charge is 0.295 e. The van der Waals surface area contributed by atoms with E-state index in [1.165, 1.54) is 12.8 Å². The minimum Gasteiger partial charge on any atom is -0.295 e. The summed E-state index contributed by atoms with van der Waals surface area (Å²) in [6.07, 6.45) is 6.10. The van der Waals surface area contributed by atoms with Crippen LogP contribution in [0.4, 0.5) is 0 Å². The van der Waals surface area contributed by atoms with E-state index >= 15 is 0 Å². The number of rotatable bonds is 5. The summed E-state index contributed by atoms with van der Waals surface area (Å²) in [6, 6.07) is 0. The van der Waals surface area contributed by atoms with Gasteiger partial charge in [-0.15, -0.1) is 0 Å². The number of carbonyl (C=O) groups is 1. The van der Waals surface area contributed by atoms with E-state index in [4.69, 9.17) is 0 Å². The zero-order chi connectivity index (χ0) is 9.56. The summed E-state index contributed by atoms with van der Waals surface area (Å²) in [5, 5.41) is 0. The van der Waals surface area contributed by atoms with Gasteiger partial charge >= 0.3 is 0 Å². The Morgan fingerprint density at radius 2 is 1.83 bits per heavy atom. The van der Waals surface area contributed by atoms with Crippen molar-refractivity contribution in [3.63, 3.8) is 0 Å². The van der Waals surface area contributed by atoms with E-state index in [-0.39, 0.29) is 5.78 Å². The van der Waals surface area contributed by atoms with Crippen LogP contribution in [-0.2, 0) is 4.79 Å². The van der Waals surface area contributed by atoms with Gasteiger partial charge in [-0.3, -0.25) is 4.79 Å². The molecule has 1 nitrogen and oxygen atoms in total. The van der Waals surface area contributed by atoms with Crippen LogP contribution in [0.15, 0.2) is 12.2 Å². The molecule has 0 aromatic heterocycles. The van der Waals surface area contributed by atoms with Crippen molar-refractivity contribution in [2.24, 2.45) is 11.8 Å². The third kappa shape index (κ3) is 7.52. The molecule has 0 saturated carbocycles. The molecule has 0 spiro atoms. The summed E-state index contributed by atoms with van der Waals surface area (Å²) in [5.41, 5.74) is 0. The molecule has 12 heavy (non-hydrogen) atoms. The number of carbonyl (C=O) groups excluding carboxylic acids is 1. The summed E-state index contributed by atoms with van der Waals surface area (Å²) in [5.74, 6) is 1.45.